The summed E-state index contributed by atoms with van der Waals surface area (Å²) >= 11 is 5.84. The third-order valence-electron chi connectivity index (χ3n) is 3.64. The number of morpholine rings is 1. The molecule has 0 aliphatic carbocycles. The van der Waals surface area contributed by atoms with Crippen molar-refractivity contribution in [3.05, 3.63) is 34.6 Å². The molecule has 1 aromatic rings. The number of hydrogen-bond donors (Lipinski definition) is 1. The zero-order chi connectivity index (χ0) is 17.0. The highest BCUT2D eigenvalue weighted by atomic mass is 35.5. The molecule has 2 atom stereocenters. The maximum atomic E-state index is 13.3. The van der Waals surface area contributed by atoms with Crippen molar-refractivity contribution in [2.75, 3.05) is 32.8 Å². The van der Waals surface area contributed by atoms with Crippen molar-refractivity contribution in [3.8, 4) is 0 Å². The van der Waals surface area contributed by atoms with Crippen LogP contribution in [0.5, 0.6) is 0 Å². The van der Waals surface area contributed by atoms with Gasteiger partial charge in [-0.15, -0.1) is 0 Å². The molecular weight excluding hydrogens is 321 g/mol. The summed E-state index contributed by atoms with van der Waals surface area (Å²) < 4.78 is 24.6. The van der Waals surface area contributed by atoms with Gasteiger partial charge in [0.2, 0.25) is 0 Å². The molecule has 4 nitrogen and oxygen atoms in total. The number of β-amino-alcohol motifs (C(OH)–C–C–N with tert-alkyl or cyclic N) is 1. The van der Waals surface area contributed by atoms with Gasteiger partial charge in [-0.1, -0.05) is 17.7 Å². The van der Waals surface area contributed by atoms with Crippen molar-refractivity contribution in [2.24, 2.45) is 0 Å². The van der Waals surface area contributed by atoms with Gasteiger partial charge in [-0.25, -0.2) is 4.39 Å². The van der Waals surface area contributed by atoms with Crippen molar-refractivity contribution in [1.29, 1.82) is 0 Å². The summed E-state index contributed by atoms with van der Waals surface area (Å²) in [5.74, 6) is -0.433. The fourth-order valence-corrected chi connectivity index (χ4v) is 2.67. The fourth-order valence-electron chi connectivity index (χ4n) is 2.48. The lowest BCUT2D eigenvalue weighted by Crippen LogP contribution is -2.44. The summed E-state index contributed by atoms with van der Waals surface area (Å²) in [5.41, 5.74) is 0.584. The van der Waals surface area contributed by atoms with Crippen LogP contribution in [0, 0.1) is 5.82 Å². The standard InChI is InChI=1S/C17H25ClFNO3/c1-17(2,3)23-11-13(21)9-20-6-7-22-16(10-20)12-4-5-15(19)14(18)8-12/h4-5,8,13,16,21H,6-7,9-11H2,1-3H3. The average molecular weight is 346 g/mol. The minimum absolute atomic E-state index is 0.0989. The Morgan fingerprint density at radius 3 is 2.87 bits per heavy atom. The smallest absolute Gasteiger partial charge is 0.141 e. The van der Waals surface area contributed by atoms with Gasteiger partial charge in [-0.05, 0) is 38.5 Å². The summed E-state index contributed by atoms with van der Waals surface area (Å²) in [6.07, 6.45) is -0.720. The van der Waals surface area contributed by atoms with Crippen LogP contribution in [0.1, 0.15) is 32.4 Å². The number of aliphatic hydroxyl groups is 1. The molecule has 1 N–H and O–H groups in total. The van der Waals surface area contributed by atoms with Crippen LogP contribution in [0.3, 0.4) is 0 Å². The Morgan fingerprint density at radius 1 is 1.48 bits per heavy atom. The van der Waals surface area contributed by atoms with Crippen molar-refractivity contribution >= 4 is 11.6 Å². The second kappa shape index (κ2) is 7.90. The molecule has 1 fully saturated rings. The van der Waals surface area contributed by atoms with Crippen molar-refractivity contribution in [1.82, 2.24) is 4.90 Å². The van der Waals surface area contributed by atoms with Crippen LogP contribution in [0.4, 0.5) is 4.39 Å². The van der Waals surface area contributed by atoms with E-state index in [0.717, 1.165) is 12.1 Å². The van der Waals surface area contributed by atoms with Gasteiger partial charge in [0.15, 0.2) is 0 Å². The Hall–Kier alpha value is -0.720. The zero-order valence-electron chi connectivity index (χ0n) is 13.9. The molecule has 130 valence electrons. The van der Waals surface area contributed by atoms with Crippen LogP contribution in [0.25, 0.3) is 0 Å². The number of halogens is 2. The second-order valence-electron chi connectivity index (χ2n) is 6.87. The molecule has 1 saturated heterocycles. The number of nitrogens with zero attached hydrogens (tertiary/aromatic N) is 1. The molecule has 23 heavy (non-hydrogen) atoms. The van der Waals surface area contributed by atoms with Gasteiger partial charge in [-0.2, -0.15) is 0 Å². The number of benzene rings is 1. The molecule has 0 radical (unpaired) electrons. The van der Waals surface area contributed by atoms with E-state index >= 15 is 0 Å². The van der Waals surface area contributed by atoms with Gasteiger partial charge in [0, 0.05) is 19.6 Å². The van der Waals surface area contributed by atoms with Gasteiger partial charge < -0.3 is 14.6 Å². The minimum atomic E-state index is -0.551. The Bertz CT molecular complexity index is 521. The van der Waals surface area contributed by atoms with Crippen LogP contribution < -0.4 is 0 Å². The van der Waals surface area contributed by atoms with Crippen LogP contribution in [-0.2, 0) is 9.47 Å². The lowest BCUT2D eigenvalue weighted by Gasteiger charge is -2.34. The SMILES string of the molecule is CC(C)(C)OCC(O)CN1CCOC(c2ccc(F)c(Cl)c2)C1. The Kier molecular flexibility index (Phi) is 6.40. The van der Waals surface area contributed by atoms with Gasteiger partial charge in [0.25, 0.3) is 0 Å². The van der Waals surface area contributed by atoms with Gasteiger partial charge in [0.05, 0.1) is 36.0 Å². The number of rotatable bonds is 5. The number of aliphatic hydroxyl groups excluding tert-OH is 1. The molecule has 2 rings (SSSR count). The highest BCUT2D eigenvalue weighted by Crippen LogP contribution is 2.26. The monoisotopic (exact) mass is 345 g/mol. The molecule has 0 saturated carbocycles. The molecule has 1 heterocycles. The third kappa shape index (κ3) is 6.01. The summed E-state index contributed by atoms with van der Waals surface area (Å²) in [7, 11) is 0. The number of hydrogen-bond acceptors (Lipinski definition) is 4. The van der Waals surface area contributed by atoms with Gasteiger partial charge in [-0.3, -0.25) is 4.90 Å². The first-order chi connectivity index (χ1) is 10.7. The van der Waals surface area contributed by atoms with E-state index in [1.807, 2.05) is 20.8 Å². The Labute approximate surface area is 142 Å². The summed E-state index contributed by atoms with van der Waals surface area (Å²) in [6.45, 7) is 8.64. The molecule has 6 heteroatoms. The van der Waals surface area contributed by atoms with Crippen molar-refractivity contribution in [2.45, 2.75) is 38.6 Å². The quantitative estimate of drug-likeness (QED) is 0.890. The first-order valence-corrected chi connectivity index (χ1v) is 8.23. The molecule has 1 aliphatic heterocycles. The van der Waals surface area contributed by atoms with Crippen LogP contribution >= 0.6 is 11.6 Å². The highest BCUT2D eigenvalue weighted by Gasteiger charge is 2.24. The van der Waals surface area contributed by atoms with Crippen LogP contribution in [-0.4, -0.2) is 54.6 Å². The number of ether oxygens (including phenoxy) is 2. The summed E-state index contributed by atoms with van der Waals surface area (Å²) in [6, 6.07) is 4.64. The van der Waals surface area contributed by atoms with E-state index < -0.39 is 11.9 Å². The molecule has 1 aliphatic rings. The highest BCUT2D eigenvalue weighted by molar-refractivity contribution is 6.30. The van der Waals surface area contributed by atoms with E-state index in [2.05, 4.69) is 4.90 Å². The minimum Gasteiger partial charge on any atom is -0.389 e. The Morgan fingerprint density at radius 2 is 2.22 bits per heavy atom. The van der Waals surface area contributed by atoms with E-state index in [9.17, 15) is 9.50 Å². The van der Waals surface area contributed by atoms with E-state index in [1.165, 1.54) is 6.07 Å². The van der Waals surface area contributed by atoms with Crippen LogP contribution in [0.2, 0.25) is 5.02 Å². The maximum Gasteiger partial charge on any atom is 0.141 e. The fraction of sp³-hybridized carbons (Fsp3) is 0.647. The lowest BCUT2D eigenvalue weighted by atomic mass is 10.1. The van der Waals surface area contributed by atoms with E-state index in [0.29, 0.717) is 26.3 Å². The van der Waals surface area contributed by atoms with E-state index in [-0.39, 0.29) is 16.7 Å². The topological polar surface area (TPSA) is 41.9 Å². The predicted octanol–water partition coefficient (Wildman–Crippen LogP) is 3.03. The van der Waals surface area contributed by atoms with E-state index in [4.69, 9.17) is 21.1 Å². The normalized spacial score (nSPS) is 21.4. The van der Waals surface area contributed by atoms with Gasteiger partial charge in [0.1, 0.15) is 5.82 Å². The van der Waals surface area contributed by atoms with Crippen LogP contribution in [0.15, 0.2) is 18.2 Å². The molecule has 1 aromatic carbocycles. The molecule has 0 amide bonds. The first kappa shape index (κ1) is 18.6. The summed E-state index contributed by atoms with van der Waals surface area (Å²) in [4.78, 5) is 2.13. The van der Waals surface area contributed by atoms with Gasteiger partial charge >= 0.3 is 0 Å². The molecular formula is C17H25ClFNO3. The lowest BCUT2D eigenvalue weighted by molar-refractivity contribution is -0.0757. The first-order valence-electron chi connectivity index (χ1n) is 7.85. The summed E-state index contributed by atoms with van der Waals surface area (Å²) in [5, 5.41) is 10.2. The second-order valence-corrected chi connectivity index (χ2v) is 7.28. The molecule has 0 spiro atoms. The molecule has 2 unspecified atom stereocenters. The third-order valence-corrected chi connectivity index (χ3v) is 3.93. The molecule has 0 aromatic heterocycles. The largest absolute Gasteiger partial charge is 0.389 e. The Balaban J connectivity index is 1.89. The van der Waals surface area contributed by atoms with Crippen molar-refractivity contribution < 1.29 is 19.0 Å². The average Bonchev–Trinajstić information content (AvgIpc) is 2.48. The molecule has 0 bridgehead atoms. The predicted molar refractivity (Wildman–Crippen MR) is 88.3 cm³/mol. The maximum absolute atomic E-state index is 13.3. The van der Waals surface area contributed by atoms with E-state index in [1.54, 1.807) is 12.1 Å². The zero-order valence-corrected chi connectivity index (χ0v) is 14.6. The van der Waals surface area contributed by atoms with Crippen molar-refractivity contribution in [3.63, 3.8) is 0 Å².